The molecule has 16 heavy (non-hydrogen) atoms. The SMILES string of the molecule is Cc1nc(C)n(Cc2ccc(F)c(Br)c2)n1. The number of aromatic nitrogens is 3. The van der Waals surface area contributed by atoms with Crippen LogP contribution in [0.2, 0.25) is 0 Å². The van der Waals surface area contributed by atoms with Gasteiger partial charge in [-0.25, -0.2) is 14.1 Å². The van der Waals surface area contributed by atoms with Gasteiger partial charge < -0.3 is 0 Å². The van der Waals surface area contributed by atoms with Crippen LogP contribution in [0.25, 0.3) is 0 Å². The van der Waals surface area contributed by atoms with Crippen molar-refractivity contribution in [1.82, 2.24) is 14.8 Å². The zero-order valence-electron chi connectivity index (χ0n) is 9.04. The van der Waals surface area contributed by atoms with Gasteiger partial charge in [-0.05, 0) is 47.5 Å². The van der Waals surface area contributed by atoms with Crippen molar-refractivity contribution in [2.75, 3.05) is 0 Å². The molecule has 0 saturated heterocycles. The van der Waals surface area contributed by atoms with Crippen molar-refractivity contribution in [3.05, 3.63) is 45.7 Å². The van der Waals surface area contributed by atoms with Crippen LogP contribution >= 0.6 is 15.9 Å². The zero-order chi connectivity index (χ0) is 11.7. The van der Waals surface area contributed by atoms with Gasteiger partial charge in [-0.15, -0.1) is 0 Å². The van der Waals surface area contributed by atoms with E-state index in [2.05, 4.69) is 26.0 Å². The lowest BCUT2D eigenvalue weighted by Crippen LogP contribution is -2.04. The highest BCUT2D eigenvalue weighted by Crippen LogP contribution is 2.17. The smallest absolute Gasteiger partial charge is 0.147 e. The molecule has 3 nitrogen and oxygen atoms in total. The molecule has 0 aliphatic carbocycles. The van der Waals surface area contributed by atoms with E-state index in [1.165, 1.54) is 6.07 Å². The fourth-order valence-electron chi connectivity index (χ4n) is 1.52. The Bertz CT molecular complexity index is 522. The van der Waals surface area contributed by atoms with Gasteiger partial charge in [0.1, 0.15) is 17.5 Å². The minimum atomic E-state index is -0.254. The quantitative estimate of drug-likeness (QED) is 0.849. The number of rotatable bonds is 2. The molecule has 0 bridgehead atoms. The van der Waals surface area contributed by atoms with Crippen LogP contribution < -0.4 is 0 Å². The summed E-state index contributed by atoms with van der Waals surface area (Å²) in [6.07, 6.45) is 0. The largest absolute Gasteiger partial charge is 0.246 e. The predicted octanol–water partition coefficient (Wildman–Crippen LogP) is 2.84. The van der Waals surface area contributed by atoms with E-state index in [1.54, 1.807) is 16.8 Å². The van der Waals surface area contributed by atoms with Crippen LogP contribution in [0.15, 0.2) is 22.7 Å². The molecule has 0 aliphatic rings. The Morgan fingerprint density at radius 3 is 2.69 bits per heavy atom. The Morgan fingerprint density at radius 1 is 1.38 bits per heavy atom. The molecule has 2 aromatic rings. The molecular formula is C11H11BrFN3. The van der Waals surface area contributed by atoms with Crippen LogP contribution in [-0.2, 0) is 6.54 Å². The van der Waals surface area contributed by atoms with E-state index in [0.29, 0.717) is 11.0 Å². The van der Waals surface area contributed by atoms with Crippen LogP contribution in [0.1, 0.15) is 17.2 Å². The first kappa shape index (κ1) is 11.3. The molecule has 1 aromatic heterocycles. The van der Waals surface area contributed by atoms with Crippen molar-refractivity contribution < 1.29 is 4.39 Å². The molecule has 0 unspecified atom stereocenters. The maximum atomic E-state index is 13.0. The monoisotopic (exact) mass is 283 g/mol. The first-order valence-electron chi connectivity index (χ1n) is 4.88. The molecule has 0 amide bonds. The summed E-state index contributed by atoms with van der Waals surface area (Å²) in [5, 5.41) is 4.25. The Kier molecular flexibility index (Phi) is 3.05. The fraction of sp³-hybridized carbons (Fsp3) is 0.273. The first-order valence-corrected chi connectivity index (χ1v) is 5.67. The molecule has 1 heterocycles. The molecule has 0 N–H and O–H groups in total. The second-order valence-corrected chi connectivity index (χ2v) is 4.47. The van der Waals surface area contributed by atoms with E-state index < -0.39 is 0 Å². The van der Waals surface area contributed by atoms with Crippen LogP contribution in [0.5, 0.6) is 0 Å². The lowest BCUT2D eigenvalue weighted by Gasteiger charge is -2.04. The molecule has 0 spiro atoms. The minimum absolute atomic E-state index is 0.254. The summed E-state index contributed by atoms with van der Waals surface area (Å²) < 4.78 is 15.3. The van der Waals surface area contributed by atoms with E-state index in [0.717, 1.165) is 17.2 Å². The van der Waals surface area contributed by atoms with Crippen molar-refractivity contribution in [3.8, 4) is 0 Å². The van der Waals surface area contributed by atoms with Crippen molar-refractivity contribution in [2.45, 2.75) is 20.4 Å². The normalized spacial score (nSPS) is 10.8. The fourth-order valence-corrected chi connectivity index (χ4v) is 1.95. The highest BCUT2D eigenvalue weighted by atomic mass is 79.9. The van der Waals surface area contributed by atoms with Crippen molar-refractivity contribution in [3.63, 3.8) is 0 Å². The third-order valence-electron chi connectivity index (χ3n) is 2.28. The lowest BCUT2D eigenvalue weighted by atomic mass is 10.2. The number of benzene rings is 1. The maximum absolute atomic E-state index is 13.0. The third kappa shape index (κ3) is 2.29. The molecule has 0 atom stereocenters. The highest BCUT2D eigenvalue weighted by molar-refractivity contribution is 9.10. The molecule has 5 heteroatoms. The van der Waals surface area contributed by atoms with E-state index in [9.17, 15) is 4.39 Å². The number of aryl methyl sites for hydroxylation is 2. The van der Waals surface area contributed by atoms with Crippen molar-refractivity contribution in [2.24, 2.45) is 0 Å². The number of hydrogen-bond donors (Lipinski definition) is 0. The maximum Gasteiger partial charge on any atom is 0.147 e. The van der Waals surface area contributed by atoms with Crippen LogP contribution in [0.4, 0.5) is 4.39 Å². The molecular weight excluding hydrogens is 273 g/mol. The van der Waals surface area contributed by atoms with Crippen LogP contribution in [0.3, 0.4) is 0 Å². The topological polar surface area (TPSA) is 30.7 Å². The summed E-state index contributed by atoms with van der Waals surface area (Å²) in [5.74, 6) is 1.35. The Morgan fingerprint density at radius 2 is 2.12 bits per heavy atom. The Hall–Kier alpha value is -1.23. The molecule has 0 saturated carbocycles. The minimum Gasteiger partial charge on any atom is -0.246 e. The molecule has 84 valence electrons. The van der Waals surface area contributed by atoms with Gasteiger partial charge in [-0.1, -0.05) is 6.07 Å². The number of nitrogens with zero attached hydrogens (tertiary/aromatic N) is 3. The second-order valence-electron chi connectivity index (χ2n) is 3.61. The average Bonchev–Trinajstić information content (AvgIpc) is 2.51. The zero-order valence-corrected chi connectivity index (χ0v) is 10.6. The molecule has 0 fully saturated rings. The van der Waals surface area contributed by atoms with Gasteiger partial charge in [0.15, 0.2) is 0 Å². The predicted molar refractivity (Wildman–Crippen MR) is 62.7 cm³/mol. The average molecular weight is 284 g/mol. The third-order valence-corrected chi connectivity index (χ3v) is 2.89. The molecule has 0 radical (unpaired) electrons. The molecule has 2 rings (SSSR count). The number of halogens is 2. The van der Waals surface area contributed by atoms with E-state index in [4.69, 9.17) is 0 Å². The lowest BCUT2D eigenvalue weighted by molar-refractivity contribution is 0.615. The van der Waals surface area contributed by atoms with Gasteiger partial charge in [-0.3, -0.25) is 0 Å². The number of hydrogen-bond acceptors (Lipinski definition) is 2. The second kappa shape index (κ2) is 4.33. The van der Waals surface area contributed by atoms with E-state index in [-0.39, 0.29) is 5.82 Å². The molecule has 1 aromatic carbocycles. The van der Waals surface area contributed by atoms with Gasteiger partial charge >= 0.3 is 0 Å². The van der Waals surface area contributed by atoms with E-state index >= 15 is 0 Å². The molecule has 0 aliphatic heterocycles. The highest BCUT2D eigenvalue weighted by Gasteiger charge is 2.05. The summed E-state index contributed by atoms with van der Waals surface area (Å²) in [4.78, 5) is 4.21. The van der Waals surface area contributed by atoms with Crippen LogP contribution in [-0.4, -0.2) is 14.8 Å². The summed E-state index contributed by atoms with van der Waals surface area (Å²) >= 11 is 3.16. The first-order chi connectivity index (χ1) is 7.56. The van der Waals surface area contributed by atoms with Gasteiger partial charge in [0.25, 0.3) is 0 Å². The standard InChI is InChI=1S/C11H11BrFN3/c1-7-14-8(2)16(15-7)6-9-3-4-11(13)10(12)5-9/h3-5H,6H2,1-2H3. The summed E-state index contributed by atoms with van der Waals surface area (Å²) in [5.41, 5.74) is 0.987. The van der Waals surface area contributed by atoms with Gasteiger partial charge in [-0.2, -0.15) is 5.10 Å². The Labute approximate surface area is 101 Å². The van der Waals surface area contributed by atoms with Crippen molar-refractivity contribution >= 4 is 15.9 Å². The van der Waals surface area contributed by atoms with Gasteiger partial charge in [0.05, 0.1) is 11.0 Å². The van der Waals surface area contributed by atoms with Crippen molar-refractivity contribution in [1.29, 1.82) is 0 Å². The van der Waals surface area contributed by atoms with E-state index in [1.807, 2.05) is 13.8 Å². The summed E-state index contributed by atoms with van der Waals surface area (Å²) in [7, 11) is 0. The van der Waals surface area contributed by atoms with Gasteiger partial charge in [0.2, 0.25) is 0 Å². The summed E-state index contributed by atoms with van der Waals surface area (Å²) in [6, 6.07) is 4.95. The van der Waals surface area contributed by atoms with Gasteiger partial charge in [0, 0.05) is 0 Å². The Balaban J connectivity index is 2.27. The van der Waals surface area contributed by atoms with Crippen LogP contribution in [0, 0.1) is 19.7 Å². The summed E-state index contributed by atoms with van der Waals surface area (Å²) in [6.45, 7) is 4.36.